The molecule has 0 saturated heterocycles. The number of nitrogens with zero attached hydrogens (tertiary/aromatic N) is 1. The fourth-order valence-electron chi connectivity index (χ4n) is 1.70. The summed E-state index contributed by atoms with van der Waals surface area (Å²) in [6.45, 7) is 14.8. The highest BCUT2D eigenvalue weighted by Gasteiger charge is 2.33. The number of rotatable bonds is 1. The molecule has 0 aliphatic carbocycles. The molecule has 1 aromatic heterocycles. The van der Waals surface area contributed by atoms with Crippen LogP contribution in [0, 0.1) is 25.3 Å². The minimum atomic E-state index is -1.66. The van der Waals surface area contributed by atoms with Crippen LogP contribution in [0.15, 0.2) is 6.07 Å². The monoisotopic (exact) mass is 289 g/mol. The number of aromatic nitrogens is 1. The molecular weight excluding hydrogens is 265 g/mol. The summed E-state index contributed by atoms with van der Waals surface area (Å²) in [6, 6.07) is 1.82. The molecule has 0 radical (unpaired) electrons. The molecule has 5 heteroatoms. The zero-order chi connectivity index (χ0) is 15.7. The molecule has 0 fully saturated rings. The Balaban J connectivity index is 3.21. The predicted molar refractivity (Wildman–Crippen MR) is 87.6 cm³/mol. The molecule has 0 atom stereocenters. The maximum Gasteiger partial charge on any atom is 0.490 e. The molecule has 0 aliphatic rings. The van der Waals surface area contributed by atoms with E-state index >= 15 is 0 Å². The van der Waals surface area contributed by atoms with Crippen molar-refractivity contribution in [3.63, 3.8) is 0 Å². The van der Waals surface area contributed by atoms with Crippen LogP contribution in [0.4, 0.5) is 0 Å². The van der Waals surface area contributed by atoms with Crippen LogP contribution in [-0.4, -0.2) is 30.2 Å². The van der Waals surface area contributed by atoms with Gasteiger partial charge < -0.3 is 10.0 Å². The van der Waals surface area contributed by atoms with E-state index in [1.807, 2.05) is 13.0 Å². The van der Waals surface area contributed by atoms with Crippen LogP contribution < -0.4 is 5.46 Å². The molecule has 0 unspecified atom stereocenters. The Morgan fingerprint density at radius 3 is 2.15 bits per heavy atom. The highest BCUT2D eigenvalue weighted by Crippen LogP contribution is 2.35. The van der Waals surface area contributed by atoms with E-state index in [9.17, 15) is 10.0 Å². The van der Waals surface area contributed by atoms with Gasteiger partial charge in [-0.2, -0.15) is 0 Å². The molecule has 3 nitrogen and oxygen atoms in total. The lowest BCUT2D eigenvalue weighted by Crippen LogP contribution is -2.36. The van der Waals surface area contributed by atoms with E-state index in [2.05, 4.69) is 50.3 Å². The average Bonchev–Trinajstić information content (AvgIpc) is 2.23. The van der Waals surface area contributed by atoms with Crippen LogP contribution in [0.2, 0.25) is 18.1 Å². The van der Waals surface area contributed by atoms with E-state index in [0.717, 1.165) is 5.56 Å². The van der Waals surface area contributed by atoms with Crippen molar-refractivity contribution in [2.75, 3.05) is 0 Å². The Bertz CT molecular complexity index is 542. The zero-order valence-electron chi connectivity index (χ0n) is 13.5. The third-order valence-electron chi connectivity index (χ3n) is 4.09. The van der Waals surface area contributed by atoms with Crippen molar-refractivity contribution < 1.29 is 10.0 Å². The molecular formula is C15H24BNO2Si. The smallest absolute Gasteiger partial charge is 0.423 e. The fourth-order valence-corrected chi connectivity index (χ4v) is 2.52. The van der Waals surface area contributed by atoms with Gasteiger partial charge in [0.15, 0.2) is 0 Å². The van der Waals surface area contributed by atoms with Gasteiger partial charge in [0, 0.05) is 11.2 Å². The third-order valence-corrected chi connectivity index (χ3v) is 8.59. The van der Waals surface area contributed by atoms with Crippen LogP contribution in [0.25, 0.3) is 0 Å². The van der Waals surface area contributed by atoms with Crippen molar-refractivity contribution in [2.24, 2.45) is 0 Å². The molecule has 1 heterocycles. The van der Waals surface area contributed by atoms with Gasteiger partial charge in [0.2, 0.25) is 0 Å². The molecule has 0 amide bonds. The summed E-state index contributed by atoms with van der Waals surface area (Å²) in [6.07, 6.45) is 0. The Labute approximate surface area is 123 Å². The topological polar surface area (TPSA) is 53.4 Å². The van der Waals surface area contributed by atoms with Crippen LogP contribution in [0.3, 0.4) is 0 Å². The molecule has 1 aromatic rings. The van der Waals surface area contributed by atoms with Gasteiger partial charge in [0.05, 0.1) is 0 Å². The number of hydrogen-bond acceptors (Lipinski definition) is 3. The van der Waals surface area contributed by atoms with Crippen LogP contribution in [-0.2, 0) is 0 Å². The summed E-state index contributed by atoms with van der Waals surface area (Å²) >= 11 is 0. The van der Waals surface area contributed by atoms with Crippen molar-refractivity contribution in [2.45, 2.75) is 52.8 Å². The molecule has 0 bridgehead atoms. The van der Waals surface area contributed by atoms with Crippen molar-refractivity contribution in [3.05, 3.63) is 23.0 Å². The van der Waals surface area contributed by atoms with Crippen molar-refractivity contribution in [3.8, 4) is 11.5 Å². The third kappa shape index (κ3) is 3.72. The molecule has 20 heavy (non-hydrogen) atoms. The first kappa shape index (κ1) is 17.0. The standard InChI is InChI=1S/C15H24BNO2Si/c1-11-10-13(17-12(2)14(11)16(18)19)8-9-20(6,7)15(3,4)5/h10,18-19H,1-7H3. The average molecular weight is 289 g/mol. The van der Waals surface area contributed by atoms with Crippen LogP contribution >= 0.6 is 0 Å². The molecule has 1 rings (SSSR count). The Hall–Kier alpha value is -1.09. The molecule has 0 spiro atoms. The quantitative estimate of drug-likeness (QED) is 0.612. The number of hydrogen-bond donors (Lipinski definition) is 2. The number of pyridine rings is 1. The van der Waals surface area contributed by atoms with Crippen molar-refractivity contribution >= 4 is 20.7 Å². The van der Waals surface area contributed by atoms with Gasteiger partial charge in [-0.05, 0) is 30.5 Å². The lowest BCUT2D eigenvalue weighted by molar-refractivity contribution is 0.425. The van der Waals surface area contributed by atoms with Gasteiger partial charge in [-0.3, -0.25) is 0 Å². The Kier molecular flexibility index (Phi) is 4.86. The van der Waals surface area contributed by atoms with Gasteiger partial charge in [-0.15, -0.1) is 5.54 Å². The van der Waals surface area contributed by atoms with E-state index in [0.29, 0.717) is 16.9 Å². The highest BCUT2D eigenvalue weighted by atomic mass is 28.3. The van der Waals surface area contributed by atoms with E-state index in [-0.39, 0.29) is 5.04 Å². The van der Waals surface area contributed by atoms with Gasteiger partial charge in [0.1, 0.15) is 13.8 Å². The van der Waals surface area contributed by atoms with Gasteiger partial charge >= 0.3 is 7.12 Å². The second-order valence-electron chi connectivity index (χ2n) is 6.82. The summed E-state index contributed by atoms with van der Waals surface area (Å²) in [5, 5.41) is 18.9. The first-order valence-electron chi connectivity index (χ1n) is 6.83. The maximum atomic E-state index is 9.33. The molecule has 108 valence electrons. The Morgan fingerprint density at radius 2 is 1.75 bits per heavy atom. The second kappa shape index (κ2) is 5.73. The summed E-state index contributed by atoms with van der Waals surface area (Å²) in [4.78, 5) is 4.37. The largest absolute Gasteiger partial charge is 0.490 e. The summed E-state index contributed by atoms with van der Waals surface area (Å²) in [5.41, 5.74) is 6.03. The van der Waals surface area contributed by atoms with E-state index in [1.165, 1.54) is 0 Å². The SMILES string of the molecule is Cc1cc(C#C[Si](C)(C)C(C)(C)C)nc(C)c1B(O)O. The van der Waals surface area contributed by atoms with Crippen molar-refractivity contribution in [1.82, 2.24) is 4.98 Å². The van der Waals surface area contributed by atoms with Gasteiger partial charge in [-0.1, -0.05) is 39.8 Å². The second-order valence-corrected chi connectivity index (χ2v) is 11.8. The highest BCUT2D eigenvalue weighted by molar-refractivity contribution is 6.87. The summed E-state index contributed by atoms with van der Waals surface area (Å²) in [5.74, 6) is 3.18. The van der Waals surface area contributed by atoms with Crippen molar-refractivity contribution in [1.29, 1.82) is 0 Å². The van der Waals surface area contributed by atoms with Gasteiger partial charge in [0.25, 0.3) is 0 Å². The predicted octanol–water partition coefficient (Wildman–Crippen LogP) is 1.78. The first-order chi connectivity index (χ1) is 8.95. The normalized spacial score (nSPS) is 11.8. The summed E-state index contributed by atoms with van der Waals surface area (Å²) in [7, 11) is -3.14. The molecule has 2 N–H and O–H groups in total. The molecule has 0 aromatic carbocycles. The maximum absolute atomic E-state index is 9.33. The lowest BCUT2D eigenvalue weighted by Gasteiger charge is -2.31. The number of aryl methyl sites for hydroxylation is 2. The first-order valence-corrected chi connectivity index (χ1v) is 9.83. The minimum Gasteiger partial charge on any atom is -0.423 e. The summed E-state index contributed by atoms with van der Waals surface area (Å²) < 4.78 is 0. The van der Waals surface area contributed by atoms with Gasteiger partial charge in [-0.25, -0.2) is 4.98 Å². The van der Waals surface area contributed by atoms with E-state index < -0.39 is 15.2 Å². The lowest BCUT2D eigenvalue weighted by atomic mass is 9.76. The molecule has 0 aliphatic heterocycles. The molecule has 0 saturated carbocycles. The van der Waals surface area contributed by atoms with Crippen LogP contribution in [0.1, 0.15) is 37.7 Å². The fraction of sp³-hybridized carbons (Fsp3) is 0.533. The Morgan fingerprint density at radius 1 is 1.20 bits per heavy atom. The van der Waals surface area contributed by atoms with E-state index in [4.69, 9.17) is 0 Å². The zero-order valence-corrected chi connectivity index (χ0v) is 14.5. The van der Waals surface area contributed by atoms with E-state index in [1.54, 1.807) is 6.92 Å². The van der Waals surface area contributed by atoms with Crippen LogP contribution in [0.5, 0.6) is 0 Å². The minimum absolute atomic E-state index is 0.214.